The quantitative estimate of drug-likeness (QED) is 0.591. The molecule has 0 nitrogen and oxygen atoms in total. The summed E-state index contributed by atoms with van der Waals surface area (Å²) in [6, 6.07) is 2.85. The van der Waals surface area contributed by atoms with E-state index in [0.717, 1.165) is 6.92 Å². The topological polar surface area (TPSA) is 0 Å². The third kappa shape index (κ3) is 2.43. The van der Waals surface area contributed by atoms with Crippen LogP contribution in [-0.2, 0) is 12.4 Å². The molecule has 15 heavy (non-hydrogen) atoms. The molecule has 0 saturated carbocycles. The SMILES string of the molecule is Cc1c(C(F)(F)F)c[c]cc1C(F)(F)F. The van der Waals surface area contributed by atoms with Crippen molar-refractivity contribution in [1.29, 1.82) is 0 Å². The van der Waals surface area contributed by atoms with Crippen molar-refractivity contribution in [2.24, 2.45) is 0 Å². The monoisotopic (exact) mass is 227 g/mol. The van der Waals surface area contributed by atoms with E-state index in [2.05, 4.69) is 0 Å². The maximum Gasteiger partial charge on any atom is 0.416 e. The standard InChI is InChI=1S/C9H5F6/c1-5-6(8(10,11)12)3-2-4-7(5)9(13,14)15/h3-4H,1H3. The van der Waals surface area contributed by atoms with Crippen LogP contribution in [-0.4, -0.2) is 0 Å². The van der Waals surface area contributed by atoms with Gasteiger partial charge >= 0.3 is 12.4 Å². The fraction of sp³-hybridized carbons (Fsp3) is 0.333. The molecule has 0 N–H and O–H groups in total. The zero-order valence-electron chi connectivity index (χ0n) is 7.42. The highest BCUT2D eigenvalue weighted by Crippen LogP contribution is 2.38. The van der Waals surface area contributed by atoms with Gasteiger partial charge < -0.3 is 0 Å². The van der Waals surface area contributed by atoms with Crippen LogP contribution in [0.3, 0.4) is 0 Å². The Morgan fingerprint density at radius 3 is 1.47 bits per heavy atom. The van der Waals surface area contributed by atoms with E-state index in [9.17, 15) is 26.3 Å². The Hall–Kier alpha value is -1.20. The second-order valence-corrected chi connectivity index (χ2v) is 2.90. The first-order valence-electron chi connectivity index (χ1n) is 3.79. The highest BCUT2D eigenvalue weighted by Gasteiger charge is 2.38. The van der Waals surface area contributed by atoms with Crippen molar-refractivity contribution in [2.45, 2.75) is 19.3 Å². The van der Waals surface area contributed by atoms with Crippen LogP contribution >= 0.6 is 0 Å². The van der Waals surface area contributed by atoms with Gasteiger partial charge in [0.05, 0.1) is 11.1 Å². The Morgan fingerprint density at radius 2 is 1.20 bits per heavy atom. The second-order valence-electron chi connectivity index (χ2n) is 2.90. The molecule has 0 amide bonds. The minimum atomic E-state index is -4.79. The van der Waals surface area contributed by atoms with E-state index in [-0.39, 0.29) is 0 Å². The summed E-state index contributed by atoms with van der Waals surface area (Å²) in [6.45, 7) is 0.791. The van der Waals surface area contributed by atoms with E-state index < -0.39 is 29.0 Å². The Morgan fingerprint density at radius 1 is 0.867 bits per heavy atom. The van der Waals surface area contributed by atoms with Crippen LogP contribution in [0.5, 0.6) is 0 Å². The van der Waals surface area contributed by atoms with Gasteiger partial charge in [-0.1, -0.05) is 0 Å². The van der Waals surface area contributed by atoms with Gasteiger partial charge in [0.25, 0.3) is 0 Å². The number of halogens is 6. The van der Waals surface area contributed by atoms with E-state index in [1.807, 2.05) is 6.07 Å². The first-order chi connectivity index (χ1) is 6.64. The lowest BCUT2D eigenvalue weighted by Crippen LogP contribution is -2.14. The molecule has 6 heteroatoms. The lowest BCUT2D eigenvalue weighted by atomic mass is 10.0. The zero-order chi connectivity index (χ0) is 11.9. The normalized spacial score (nSPS) is 13.0. The third-order valence-corrected chi connectivity index (χ3v) is 1.87. The Balaban J connectivity index is 3.37. The average Bonchev–Trinajstić information content (AvgIpc) is 1.99. The summed E-state index contributed by atoms with van der Waals surface area (Å²) in [5, 5.41) is 0. The molecule has 83 valence electrons. The molecular formula is C9H5F6. The minimum absolute atomic E-state index is 0.505. The summed E-state index contributed by atoms with van der Waals surface area (Å²) in [6.07, 6.45) is -9.58. The molecule has 0 saturated heterocycles. The highest BCUT2D eigenvalue weighted by atomic mass is 19.4. The molecule has 0 aliphatic carbocycles. The lowest BCUT2D eigenvalue weighted by Gasteiger charge is -2.15. The average molecular weight is 227 g/mol. The summed E-state index contributed by atoms with van der Waals surface area (Å²) >= 11 is 0. The maximum atomic E-state index is 12.2. The smallest absolute Gasteiger partial charge is 0.166 e. The number of alkyl halides is 6. The summed E-state index contributed by atoms with van der Waals surface area (Å²) < 4.78 is 73.4. The summed E-state index contributed by atoms with van der Waals surface area (Å²) in [4.78, 5) is 0. The van der Waals surface area contributed by atoms with Crippen LogP contribution in [0, 0.1) is 13.0 Å². The van der Waals surface area contributed by atoms with E-state index in [4.69, 9.17) is 0 Å². The van der Waals surface area contributed by atoms with Crippen molar-refractivity contribution in [3.05, 3.63) is 34.9 Å². The van der Waals surface area contributed by atoms with Crippen LogP contribution in [0.1, 0.15) is 16.7 Å². The van der Waals surface area contributed by atoms with E-state index in [1.165, 1.54) is 0 Å². The van der Waals surface area contributed by atoms with Gasteiger partial charge in [0.2, 0.25) is 0 Å². The van der Waals surface area contributed by atoms with Crippen molar-refractivity contribution in [1.82, 2.24) is 0 Å². The Kier molecular flexibility index (Phi) is 2.71. The van der Waals surface area contributed by atoms with Crippen LogP contribution < -0.4 is 0 Å². The summed E-state index contributed by atoms with van der Waals surface area (Å²) in [5.74, 6) is 0. The van der Waals surface area contributed by atoms with Gasteiger partial charge in [0.15, 0.2) is 0 Å². The second kappa shape index (κ2) is 3.43. The molecule has 1 radical (unpaired) electrons. The van der Waals surface area contributed by atoms with Crippen LogP contribution in [0.2, 0.25) is 0 Å². The van der Waals surface area contributed by atoms with Gasteiger partial charge in [-0.15, -0.1) is 0 Å². The van der Waals surface area contributed by atoms with Crippen molar-refractivity contribution < 1.29 is 26.3 Å². The number of hydrogen-bond donors (Lipinski definition) is 0. The van der Waals surface area contributed by atoms with Gasteiger partial charge in [0.1, 0.15) is 0 Å². The van der Waals surface area contributed by atoms with Crippen molar-refractivity contribution >= 4 is 0 Å². The minimum Gasteiger partial charge on any atom is -0.166 e. The molecular weight excluding hydrogens is 222 g/mol. The van der Waals surface area contributed by atoms with Crippen LogP contribution in [0.4, 0.5) is 26.3 Å². The first kappa shape index (κ1) is 11.9. The van der Waals surface area contributed by atoms with Crippen molar-refractivity contribution in [2.75, 3.05) is 0 Å². The zero-order valence-corrected chi connectivity index (χ0v) is 7.42. The molecule has 0 aromatic heterocycles. The molecule has 0 aliphatic rings. The predicted molar refractivity (Wildman–Crippen MR) is 40.0 cm³/mol. The van der Waals surface area contributed by atoms with Crippen molar-refractivity contribution in [3.63, 3.8) is 0 Å². The first-order valence-corrected chi connectivity index (χ1v) is 3.79. The van der Waals surface area contributed by atoms with Gasteiger partial charge in [-0.25, -0.2) is 0 Å². The molecule has 0 aliphatic heterocycles. The molecule has 0 unspecified atom stereocenters. The van der Waals surface area contributed by atoms with Gasteiger partial charge in [-0.3, -0.25) is 0 Å². The third-order valence-electron chi connectivity index (χ3n) is 1.87. The summed E-state index contributed by atoms with van der Waals surface area (Å²) in [7, 11) is 0. The highest BCUT2D eigenvalue weighted by molar-refractivity contribution is 5.37. The molecule has 0 spiro atoms. The molecule has 1 aromatic rings. The van der Waals surface area contributed by atoms with E-state index in [0.29, 0.717) is 12.1 Å². The number of hydrogen-bond acceptors (Lipinski definition) is 0. The molecule has 1 rings (SSSR count). The maximum absolute atomic E-state index is 12.2. The van der Waals surface area contributed by atoms with Gasteiger partial charge in [-0.05, 0) is 30.7 Å². The van der Waals surface area contributed by atoms with E-state index in [1.54, 1.807) is 0 Å². The van der Waals surface area contributed by atoms with Crippen LogP contribution in [0.25, 0.3) is 0 Å². The number of rotatable bonds is 0. The molecule has 0 bridgehead atoms. The Labute approximate surface area is 81.5 Å². The molecule has 0 heterocycles. The predicted octanol–water partition coefficient (Wildman–Crippen LogP) is 3.83. The van der Waals surface area contributed by atoms with Crippen LogP contribution in [0.15, 0.2) is 12.1 Å². The van der Waals surface area contributed by atoms with E-state index >= 15 is 0 Å². The Bertz CT molecular complexity index is 328. The largest absolute Gasteiger partial charge is 0.416 e. The fourth-order valence-corrected chi connectivity index (χ4v) is 1.16. The number of benzene rings is 1. The fourth-order valence-electron chi connectivity index (χ4n) is 1.16. The van der Waals surface area contributed by atoms with Gasteiger partial charge in [0, 0.05) is 0 Å². The lowest BCUT2D eigenvalue weighted by molar-refractivity contribution is -0.143. The summed E-state index contributed by atoms with van der Waals surface area (Å²) in [5.41, 5.74) is -3.44. The molecule has 0 fully saturated rings. The molecule has 0 atom stereocenters. The molecule has 1 aromatic carbocycles. The van der Waals surface area contributed by atoms with Crippen molar-refractivity contribution in [3.8, 4) is 0 Å². The van der Waals surface area contributed by atoms with Gasteiger partial charge in [-0.2, -0.15) is 26.3 Å².